The van der Waals surface area contributed by atoms with Crippen LogP contribution in [0.4, 0.5) is 5.82 Å². The first-order valence-electron chi connectivity index (χ1n) is 9.68. The molecule has 2 aromatic carbocycles. The maximum Gasteiger partial charge on any atom is 0.326 e. The highest BCUT2D eigenvalue weighted by Crippen LogP contribution is 2.14. The number of fused-ring (bicyclic) bond motifs is 1. The molecule has 2 N–H and O–H groups in total. The van der Waals surface area contributed by atoms with Crippen molar-refractivity contribution in [3.05, 3.63) is 94.0 Å². The number of amides is 1. The Morgan fingerprint density at radius 2 is 1.90 bits per heavy atom. The predicted octanol–water partition coefficient (Wildman–Crippen LogP) is 2.83. The van der Waals surface area contributed by atoms with Crippen LogP contribution in [0.1, 0.15) is 21.5 Å². The van der Waals surface area contributed by atoms with E-state index in [9.17, 15) is 9.59 Å². The Bertz CT molecular complexity index is 1230. The largest absolute Gasteiger partial charge is 0.355 e. The summed E-state index contributed by atoms with van der Waals surface area (Å²) < 4.78 is 1.51. The third-order valence-electron chi connectivity index (χ3n) is 5.08. The van der Waals surface area contributed by atoms with Crippen molar-refractivity contribution < 1.29 is 4.79 Å². The summed E-state index contributed by atoms with van der Waals surface area (Å²) in [6, 6.07) is 19.3. The molecule has 1 amide bonds. The highest BCUT2D eigenvalue weighted by molar-refractivity contribution is 5.97. The molecular weight excluding hydrogens is 378 g/mol. The molecular formula is C23H23N5O2. The number of H-pyrrole nitrogens is 1. The van der Waals surface area contributed by atoms with Gasteiger partial charge in [0.1, 0.15) is 5.82 Å². The summed E-state index contributed by atoms with van der Waals surface area (Å²) in [6.45, 7) is 1.14. The molecule has 0 fully saturated rings. The van der Waals surface area contributed by atoms with Gasteiger partial charge in [0.2, 0.25) is 0 Å². The molecule has 0 bridgehead atoms. The molecule has 4 aromatic rings. The summed E-state index contributed by atoms with van der Waals surface area (Å²) in [5, 5.41) is 2.90. The van der Waals surface area contributed by atoms with E-state index in [2.05, 4.69) is 32.3 Å². The summed E-state index contributed by atoms with van der Waals surface area (Å²) in [4.78, 5) is 33.5. The predicted molar refractivity (Wildman–Crippen MR) is 117 cm³/mol. The number of rotatable bonds is 6. The quantitative estimate of drug-likeness (QED) is 0.520. The minimum Gasteiger partial charge on any atom is -0.355 e. The summed E-state index contributed by atoms with van der Waals surface area (Å²) in [5.41, 5.74) is 3.82. The van der Waals surface area contributed by atoms with Gasteiger partial charge in [-0.25, -0.2) is 9.78 Å². The maximum absolute atomic E-state index is 12.5. The average Bonchev–Trinajstić information content (AvgIpc) is 3.06. The van der Waals surface area contributed by atoms with Crippen molar-refractivity contribution in [2.24, 2.45) is 7.05 Å². The number of nitrogens with one attached hydrogen (secondary N) is 2. The van der Waals surface area contributed by atoms with Crippen molar-refractivity contribution in [1.29, 1.82) is 0 Å². The van der Waals surface area contributed by atoms with E-state index in [0.29, 0.717) is 17.6 Å². The van der Waals surface area contributed by atoms with E-state index in [1.165, 1.54) is 10.1 Å². The number of aromatic amines is 1. The lowest BCUT2D eigenvalue weighted by Crippen LogP contribution is -2.23. The van der Waals surface area contributed by atoms with E-state index in [1.807, 2.05) is 37.4 Å². The van der Waals surface area contributed by atoms with Gasteiger partial charge in [-0.05, 0) is 35.4 Å². The Morgan fingerprint density at radius 3 is 2.63 bits per heavy atom. The van der Waals surface area contributed by atoms with Gasteiger partial charge in [0.05, 0.1) is 11.0 Å². The van der Waals surface area contributed by atoms with Crippen molar-refractivity contribution in [3.8, 4) is 0 Å². The van der Waals surface area contributed by atoms with Crippen molar-refractivity contribution >= 4 is 22.8 Å². The number of benzene rings is 2. The summed E-state index contributed by atoms with van der Waals surface area (Å²) >= 11 is 0. The number of nitrogens with zero attached hydrogens (tertiary/aromatic N) is 3. The zero-order chi connectivity index (χ0) is 21.1. The SMILES string of the molecule is CN(Cc1ccccc1)c1ccc(CNC(=O)c2ccc3c(c2)[nH]c(=O)n3C)cn1. The van der Waals surface area contributed by atoms with Gasteiger partial charge in [0, 0.05) is 38.9 Å². The number of anilines is 1. The van der Waals surface area contributed by atoms with Gasteiger partial charge in [-0.3, -0.25) is 9.36 Å². The van der Waals surface area contributed by atoms with Crippen LogP contribution in [-0.4, -0.2) is 27.5 Å². The highest BCUT2D eigenvalue weighted by Gasteiger charge is 2.10. The van der Waals surface area contributed by atoms with Crippen molar-refractivity contribution in [2.45, 2.75) is 13.1 Å². The Labute approximate surface area is 174 Å². The number of aryl methyl sites for hydroxylation is 1. The zero-order valence-corrected chi connectivity index (χ0v) is 16.9. The van der Waals surface area contributed by atoms with Gasteiger partial charge in [-0.2, -0.15) is 0 Å². The van der Waals surface area contributed by atoms with Crippen LogP contribution in [0.15, 0.2) is 71.7 Å². The van der Waals surface area contributed by atoms with Crippen LogP contribution in [0, 0.1) is 0 Å². The smallest absolute Gasteiger partial charge is 0.326 e. The first kappa shape index (κ1) is 19.4. The van der Waals surface area contributed by atoms with Crippen LogP contribution in [0.2, 0.25) is 0 Å². The average molecular weight is 401 g/mol. The molecule has 0 unspecified atom stereocenters. The lowest BCUT2D eigenvalue weighted by molar-refractivity contribution is 0.0951. The molecule has 0 spiro atoms. The van der Waals surface area contributed by atoms with E-state index in [1.54, 1.807) is 31.4 Å². The fourth-order valence-electron chi connectivity index (χ4n) is 3.35. The molecule has 30 heavy (non-hydrogen) atoms. The number of pyridine rings is 1. The number of carbonyl (C=O) groups is 1. The maximum atomic E-state index is 12.5. The van der Waals surface area contributed by atoms with Crippen LogP contribution >= 0.6 is 0 Å². The topological polar surface area (TPSA) is 83.0 Å². The van der Waals surface area contributed by atoms with E-state index in [-0.39, 0.29) is 11.6 Å². The molecule has 7 heteroatoms. The standard InChI is InChI=1S/C23H23N5O2/c1-27(15-16-6-4-3-5-7-16)21-11-8-17(13-24-21)14-25-22(29)18-9-10-20-19(12-18)26-23(30)28(20)2/h3-13H,14-15H2,1-2H3,(H,25,29)(H,26,30). The normalized spacial score (nSPS) is 10.9. The Balaban J connectivity index is 1.38. The van der Waals surface area contributed by atoms with Crippen molar-refractivity contribution in [2.75, 3.05) is 11.9 Å². The lowest BCUT2D eigenvalue weighted by Gasteiger charge is -2.18. The van der Waals surface area contributed by atoms with Gasteiger partial charge < -0.3 is 15.2 Å². The summed E-state index contributed by atoms with van der Waals surface area (Å²) in [7, 11) is 3.69. The second-order valence-corrected chi connectivity index (χ2v) is 7.27. The van der Waals surface area contributed by atoms with E-state index in [4.69, 9.17) is 0 Å². The number of hydrogen-bond acceptors (Lipinski definition) is 4. The second kappa shape index (κ2) is 8.24. The van der Waals surface area contributed by atoms with E-state index in [0.717, 1.165) is 23.4 Å². The Hall–Kier alpha value is -3.87. The molecule has 0 saturated carbocycles. The van der Waals surface area contributed by atoms with Gasteiger partial charge in [0.25, 0.3) is 5.91 Å². The first-order valence-corrected chi connectivity index (χ1v) is 9.68. The number of aromatic nitrogens is 3. The van der Waals surface area contributed by atoms with Gasteiger partial charge >= 0.3 is 5.69 Å². The number of hydrogen-bond donors (Lipinski definition) is 2. The Kier molecular flexibility index (Phi) is 5.34. The van der Waals surface area contributed by atoms with Crippen LogP contribution in [0.3, 0.4) is 0 Å². The molecule has 2 aromatic heterocycles. The van der Waals surface area contributed by atoms with Crippen LogP contribution in [0.25, 0.3) is 11.0 Å². The monoisotopic (exact) mass is 401 g/mol. The van der Waals surface area contributed by atoms with E-state index < -0.39 is 0 Å². The minimum atomic E-state index is -0.203. The van der Waals surface area contributed by atoms with Crippen LogP contribution in [-0.2, 0) is 20.1 Å². The fourth-order valence-corrected chi connectivity index (χ4v) is 3.35. The third-order valence-corrected chi connectivity index (χ3v) is 5.08. The molecule has 7 nitrogen and oxygen atoms in total. The minimum absolute atomic E-state index is 0.202. The third kappa shape index (κ3) is 4.10. The molecule has 0 radical (unpaired) electrons. The molecule has 0 saturated heterocycles. The summed E-state index contributed by atoms with van der Waals surface area (Å²) in [6.07, 6.45) is 1.77. The molecule has 0 atom stereocenters. The second-order valence-electron chi connectivity index (χ2n) is 7.27. The van der Waals surface area contributed by atoms with E-state index >= 15 is 0 Å². The van der Waals surface area contributed by atoms with Gasteiger partial charge in [0.15, 0.2) is 0 Å². The van der Waals surface area contributed by atoms with Crippen molar-refractivity contribution in [3.63, 3.8) is 0 Å². The Morgan fingerprint density at radius 1 is 1.10 bits per heavy atom. The van der Waals surface area contributed by atoms with Crippen LogP contribution in [0.5, 0.6) is 0 Å². The summed E-state index contributed by atoms with van der Waals surface area (Å²) in [5.74, 6) is 0.666. The molecule has 2 heterocycles. The molecule has 0 aliphatic rings. The number of imidazole rings is 1. The first-order chi connectivity index (χ1) is 14.5. The van der Waals surface area contributed by atoms with Crippen molar-refractivity contribution in [1.82, 2.24) is 19.9 Å². The zero-order valence-electron chi connectivity index (χ0n) is 16.9. The van der Waals surface area contributed by atoms with Gasteiger partial charge in [-0.1, -0.05) is 36.4 Å². The lowest BCUT2D eigenvalue weighted by atomic mass is 10.2. The van der Waals surface area contributed by atoms with Gasteiger partial charge in [-0.15, -0.1) is 0 Å². The molecule has 152 valence electrons. The van der Waals surface area contributed by atoms with Crippen LogP contribution < -0.4 is 15.9 Å². The molecule has 0 aliphatic carbocycles. The fraction of sp³-hybridized carbons (Fsp3) is 0.174. The molecule has 4 rings (SSSR count). The highest BCUT2D eigenvalue weighted by atomic mass is 16.2. The number of carbonyl (C=O) groups excluding carboxylic acids is 1. The molecule has 0 aliphatic heterocycles.